The molecule has 2 saturated heterocycles. The number of hydrogen-bond donors (Lipinski definition) is 2. The van der Waals surface area contributed by atoms with Crippen molar-refractivity contribution in [2.45, 2.75) is 31.5 Å². The summed E-state index contributed by atoms with van der Waals surface area (Å²) in [5.74, 6) is 0.572. The number of anilines is 1. The zero-order valence-corrected chi connectivity index (χ0v) is 15.0. The van der Waals surface area contributed by atoms with E-state index < -0.39 is 19.7 Å². The number of hydrogen-bond acceptors (Lipinski definition) is 7. The summed E-state index contributed by atoms with van der Waals surface area (Å²) in [5.41, 5.74) is 10.6. The topological polar surface area (TPSA) is 110 Å². The monoisotopic (exact) mass is 373 g/mol. The molecular weight excluding hydrogens is 350 g/mol. The first kappa shape index (κ1) is 17.7. The third kappa shape index (κ3) is 4.47. The van der Waals surface area contributed by atoms with Crippen LogP contribution in [0.2, 0.25) is 0 Å². The molecule has 2 atom stereocenters. The molecule has 134 valence electrons. The van der Waals surface area contributed by atoms with Crippen molar-refractivity contribution in [3.05, 3.63) is 29.8 Å². The Kier molecular flexibility index (Phi) is 4.87. The number of sulfone groups is 2. The van der Waals surface area contributed by atoms with Crippen LogP contribution in [0.5, 0.6) is 0 Å². The maximum Gasteiger partial charge on any atom is 0.151 e. The van der Waals surface area contributed by atoms with Crippen LogP contribution in [0.3, 0.4) is 0 Å². The number of benzene rings is 1. The van der Waals surface area contributed by atoms with Crippen LogP contribution in [0, 0.1) is 0 Å². The molecule has 0 saturated carbocycles. The fourth-order valence-electron chi connectivity index (χ4n) is 3.25. The second-order valence-corrected chi connectivity index (χ2v) is 11.1. The summed E-state index contributed by atoms with van der Waals surface area (Å²) in [7, 11) is -6.01. The molecule has 7 nitrogen and oxygen atoms in total. The molecule has 1 aromatic rings. The molecule has 9 heteroatoms. The normalized spacial score (nSPS) is 28.4. The van der Waals surface area contributed by atoms with Crippen molar-refractivity contribution in [3.63, 3.8) is 0 Å². The molecule has 0 aromatic heterocycles. The zero-order chi connectivity index (χ0) is 17.4. The Morgan fingerprint density at radius 3 is 2.17 bits per heavy atom. The van der Waals surface area contributed by atoms with E-state index in [0.717, 1.165) is 5.56 Å². The van der Waals surface area contributed by atoms with Gasteiger partial charge in [-0.25, -0.2) is 21.8 Å². The predicted molar refractivity (Wildman–Crippen MR) is 93.7 cm³/mol. The molecule has 2 aliphatic heterocycles. The van der Waals surface area contributed by atoms with E-state index in [4.69, 9.17) is 5.73 Å². The minimum Gasteiger partial charge on any atom is -0.399 e. The second kappa shape index (κ2) is 6.62. The number of rotatable bonds is 5. The molecule has 0 aliphatic carbocycles. The van der Waals surface area contributed by atoms with Gasteiger partial charge in [-0.2, -0.15) is 0 Å². The van der Waals surface area contributed by atoms with Gasteiger partial charge in [0.15, 0.2) is 19.7 Å². The molecule has 2 heterocycles. The van der Waals surface area contributed by atoms with Crippen LogP contribution >= 0.6 is 0 Å². The molecule has 0 unspecified atom stereocenters. The summed E-state index contributed by atoms with van der Waals surface area (Å²) in [4.78, 5) is 0. The first-order valence-corrected chi connectivity index (χ1v) is 11.6. The van der Waals surface area contributed by atoms with Gasteiger partial charge in [0.2, 0.25) is 0 Å². The van der Waals surface area contributed by atoms with Gasteiger partial charge in [-0.05, 0) is 30.5 Å². The predicted octanol–water partition coefficient (Wildman–Crippen LogP) is -0.0504. The third-order valence-electron chi connectivity index (χ3n) is 4.56. The summed E-state index contributed by atoms with van der Waals surface area (Å²) >= 11 is 0. The van der Waals surface area contributed by atoms with E-state index in [1.165, 1.54) is 0 Å². The average Bonchev–Trinajstić information content (AvgIpc) is 3.02. The first-order valence-electron chi connectivity index (χ1n) is 8.00. The Bertz CT molecular complexity index is 791. The van der Waals surface area contributed by atoms with Gasteiger partial charge in [-0.15, -0.1) is 0 Å². The molecule has 2 aliphatic rings. The summed E-state index contributed by atoms with van der Waals surface area (Å²) in [6.45, 7) is 0.511. The Hall–Kier alpha value is -1.16. The highest BCUT2D eigenvalue weighted by molar-refractivity contribution is 7.91. The highest BCUT2D eigenvalue weighted by Gasteiger charge is 2.35. The molecule has 24 heavy (non-hydrogen) atoms. The van der Waals surface area contributed by atoms with Crippen molar-refractivity contribution >= 4 is 25.4 Å². The Labute approximate surface area is 143 Å². The summed E-state index contributed by atoms with van der Waals surface area (Å²) in [6.07, 6.45) is 1.11. The number of nitrogens with one attached hydrogen (secondary N) is 1. The Morgan fingerprint density at radius 1 is 1.00 bits per heavy atom. The van der Waals surface area contributed by atoms with E-state index in [0.29, 0.717) is 25.1 Å². The van der Waals surface area contributed by atoms with E-state index in [9.17, 15) is 16.8 Å². The van der Waals surface area contributed by atoms with Gasteiger partial charge in [-0.1, -0.05) is 12.1 Å². The van der Waals surface area contributed by atoms with Crippen molar-refractivity contribution < 1.29 is 16.8 Å². The third-order valence-corrected chi connectivity index (χ3v) is 8.08. The summed E-state index contributed by atoms with van der Waals surface area (Å²) in [6, 6.07) is 7.11. The lowest BCUT2D eigenvalue weighted by Crippen LogP contribution is -2.50. The largest absolute Gasteiger partial charge is 0.399 e. The fraction of sp³-hybridized carbons (Fsp3) is 0.600. The minimum absolute atomic E-state index is 0.102. The second-order valence-electron chi connectivity index (χ2n) is 6.66. The number of nitrogens with two attached hydrogens (primary N) is 1. The molecule has 0 spiro atoms. The highest BCUT2D eigenvalue weighted by Crippen LogP contribution is 2.21. The van der Waals surface area contributed by atoms with Crippen molar-refractivity contribution in [1.82, 2.24) is 10.4 Å². The van der Waals surface area contributed by atoms with E-state index in [1.807, 2.05) is 17.1 Å². The zero-order valence-electron chi connectivity index (χ0n) is 13.4. The number of hydrazine groups is 1. The van der Waals surface area contributed by atoms with Crippen molar-refractivity contribution in [1.29, 1.82) is 0 Å². The van der Waals surface area contributed by atoms with Crippen LogP contribution in [-0.2, 0) is 26.2 Å². The molecule has 2 fully saturated rings. The number of nitrogens with zero attached hydrogens (tertiary/aromatic N) is 1. The summed E-state index contributed by atoms with van der Waals surface area (Å²) in [5, 5.41) is 1.90. The maximum absolute atomic E-state index is 11.8. The van der Waals surface area contributed by atoms with Crippen molar-refractivity contribution in [2.24, 2.45) is 0 Å². The SMILES string of the molecule is Nc1ccc(CN(N[C@@H]2CCS(=O)(=O)C2)[C@@H]2CCS(=O)(=O)C2)cc1. The van der Waals surface area contributed by atoms with Crippen molar-refractivity contribution in [3.8, 4) is 0 Å². The first-order chi connectivity index (χ1) is 11.2. The van der Waals surface area contributed by atoms with E-state index in [-0.39, 0.29) is 35.1 Å². The van der Waals surface area contributed by atoms with Crippen LogP contribution in [0.1, 0.15) is 18.4 Å². The van der Waals surface area contributed by atoms with Gasteiger partial charge in [0.05, 0.1) is 23.0 Å². The van der Waals surface area contributed by atoms with Gasteiger partial charge in [-0.3, -0.25) is 5.43 Å². The molecule has 1 aromatic carbocycles. The van der Waals surface area contributed by atoms with Crippen LogP contribution in [0.4, 0.5) is 5.69 Å². The van der Waals surface area contributed by atoms with Crippen molar-refractivity contribution in [2.75, 3.05) is 28.7 Å². The van der Waals surface area contributed by atoms with Crippen LogP contribution in [0.25, 0.3) is 0 Å². The Morgan fingerprint density at radius 2 is 1.62 bits per heavy atom. The van der Waals surface area contributed by atoms with Crippen LogP contribution in [-0.4, -0.2) is 56.9 Å². The molecule has 3 rings (SSSR count). The van der Waals surface area contributed by atoms with Crippen LogP contribution in [0.15, 0.2) is 24.3 Å². The highest BCUT2D eigenvalue weighted by atomic mass is 32.2. The smallest absolute Gasteiger partial charge is 0.151 e. The maximum atomic E-state index is 11.8. The van der Waals surface area contributed by atoms with Crippen LogP contribution < -0.4 is 11.2 Å². The fourth-order valence-corrected chi connectivity index (χ4v) is 6.65. The quantitative estimate of drug-likeness (QED) is 0.550. The summed E-state index contributed by atoms with van der Waals surface area (Å²) < 4.78 is 47.0. The van der Waals surface area contributed by atoms with Gasteiger partial charge in [0.25, 0.3) is 0 Å². The van der Waals surface area contributed by atoms with Gasteiger partial charge < -0.3 is 5.73 Å². The number of nitrogen functional groups attached to an aromatic ring is 1. The lowest BCUT2D eigenvalue weighted by Gasteiger charge is -2.31. The molecule has 0 radical (unpaired) electrons. The average molecular weight is 374 g/mol. The van der Waals surface area contributed by atoms with Gasteiger partial charge in [0.1, 0.15) is 0 Å². The van der Waals surface area contributed by atoms with Gasteiger partial charge in [0, 0.05) is 24.3 Å². The molecule has 0 amide bonds. The Balaban J connectivity index is 1.74. The van der Waals surface area contributed by atoms with E-state index in [2.05, 4.69) is 5.43 Å². The lowest BCUT2D eigenvalue weighted by atomic mass is 10.1. The van der Waals surface area contributed by atoms with E-state index >= 15 is 0 Å². The molecular formula is C15H23N3O4S2. The van der Waals surface area contributed by atoms with Gasteiger partial charge >= 0.3 is 0 Å². The standard InChI is InChI=1S/C15H23N3O4S2/c16-13-3-1-12(2-4-13)9-18(15-6-8-24(21,22)11-15)17-14-5-7-23(19,20)10-14/h1-4,14-15,17H,5-11,16H2/t14-,15-/m1/s1. The molecule has 0 bridgehead atoms. The lowest BCUT2D eigenvalue weighted by molar-refractivity contribution is 0.108. The minimum atomic E-state index is -3.02. The van der Waals surface area contributed by atoms with E-state index in [1.54, 1.807) is 12.1 Å². The molecule has 3 N–H and O–H groups in total.